The van der Waals surface area contributed by atoms with E-state index < -0.39 is 12.0 Å². The van der Waals surface area contributed by atoms with E-state index in [9.17, 15) is 9.59 Å². The number of rotatable bonds is 9. The van der Waals surface area contributed by atoms with E-state index in [1.165, 1.54) is 12.1 Å². The van der Waals surface area contributed by atoms with E-state index in [4.69, 9.17) is 14.6 Å². The highest BCUT2D eigenvalue weighted by Gasteiger charge is 2.15. The van der Waals surface area contributed by atoms with E-state index in [1.807, 2.05) is 48.5 Å². The van der Waals surface area contributed by atoms with E-state index in [-0.39, 0.29) is 11.5 Å². The number of benzene rings is 3. The van der Waals surface area contributed by atoms with Crippen molar-refractivity contribution in [2.24, 2.45) is 0 Å². The zero-order valence-corrected chi connectivity index (χ0v) is 18.0. The number of anilines is 1. The van der Waals surface area contributed by atoms with Crippen molar-refractivity contribution in [2.75, 3.05) is 26.1 Å². The molecule has 0 bridgehead atoms. The molecule has 0 unspecified atom stereocenters. The second kappa shape index (κ2) is 10.9. The van der Waals surface area contributed by atoms with Crippen molar-refractivity contribution in [2.45, 2.75) is 12.3 Å². The summed E-state index contributed by atoms with van der Waals surface area (Å²) in [7, 11) is 3.26. The Balaban J connectivity index is 1.67. The SMILES string of the molecule is COc1ccc(C(CCNC(=O)Nc2cccc(C(=O)O)c2)c2ccc(OC)cc2)cc1. The molecule has 0 heterocycles. The minimum atomic E-state index is -1.05. The molecule has 0 fully saturated rings. The maximum atomic E-state index is 12.3. The second-order valence-corrected chi connectivity index (χ2v) is 7.15. The lowest BCUT2D eigenvalue weighted by atomic mass is 9.88. The Morgan fingerprint density at radius 3 is 1.94 bits per heavy atom. The number of hydrogen-bond donors (Lipinski definition) is 3. The number of aromatic carboxylic acids is 1. The molecule has 0 atom stereocenters. The number of hydrogen-bond acceptors (Lipinski definition) is 4. The number of ether oxygens (including phenoxy) is 2. The monoisotopic (exact) mass is 434 g/mol. The first-order valence-electron chi connectivity index (χ1n) is 10.2. The van der Waals surface area contributed by atoms with Crippen molar-refractivity contribution in [3.63, 3.8) is 0 Å². The fraction of sp³-hybridized carbons (Fsp3) is 0.200. The molecule has 7 heteroatoms. The predicted molar refractivity (Wildman–Crippen MR) is 123 cm³/mol. The van der Waals surface area contributed by atoms with Gasteiger partial charge < -0.3 is 25.2 Å². The highest BCUT2D eigenvalue weighted by molar-refractivity contribution is 5.93. The first kappa shape index (κ1) is 22.7. The molecule has 0 aliphatic carbocycles. The van der Waals surface area contributed by atoms with Gasteiger partial charge in [0.1, 0.15) is 11.5 Å². The third-order valence-electron chi connectivity index (χ3n) is 5.12. The molecule has 3 rings (SSSR count). The summed E-state index contributed by atoms with van der Waals surface area (Å²) < 4.78 is 10.5. The van der Waals surface area contributed by atoms with Gasteiger partial charge in [-0.15, -0.1) is 0 Å². The van der Waals surface area contributed by atoms with Crippen LogP contribution in [0.3, 0.4) is 0 Å². The molecule has 3 aromatic carbocycles. The van der Waals surface area contributed by atoms with Crippen LogP contribution in [-0.4, -0.2) is 37.9 Å². The van der Waals surface area contributed by atoms with Gasteiger partial charge in [-0.2, -0.15) is 0 Å². The Morgan fingerprint density at radius 1 is 0.875 bits per heavy atom. The summed E-state index contributed by atoms with van der Waals surface area (Å²) in [6.45, 7) is 0.424. The van der Waals surface area contributed by atoms with Crippen LogP contribution in [0, 0.1) is 0 Å². The second-order valence-electron chi connectivity index (χ2n) is 7.15. The van der Waals surface area contributed by atoms with E-state index in [0.29, 0.717) is 18.7 Å². The molecule has 32 heavy (non-hydrogen) atoms. The average Bonchev–Trinajstić information content (AvgIpc) is 2.82. The molecule has 0 saturated carbocycles. The highest BCUT2D eigenvalue weighted by atomic mass is 16.5. The largest absolute Gasteiger partial charge is 0.497 e. The topological polar surface area (TPSA) is 96.9 Å². The van der Waals surface area contributed by atoms with Gasteiger partial charge in [-0.25, -0.2) is 9.59 Å². The van der Waals surface area contributed by atoms with Crippen LogP contribution in [0.1, 0.15) is 33.8 Å². The van der Waals surface area contributed by atoms with E-state index in [0.717, 1.165) is 22.6 Å². The Kier molecular flexibility index (Phi) is 7.70. The quantitative estimate of drug-likeness (QED) is 0.452. The molecule has 7 nitrogen and oxygen atoms in total. The number of urea groups is 1. The Morgan fingerprint density at radius 2 is 1.44 bits per heavy atom. The minimum Gasteiger partial charge on any atom is -0.497 e. The summed E-state index contributed by atoms with van der Waals surface area (Å²) in [4.78, 5) is 23.4. The van der Waals surface area contributed by atoms with Crippen molar-refractivity contribution in [1.82, 2.24) is 5.32 Å². The van der Waals surface area contributed by atoms with Crippen LogP contribution in [0.4, 0.5) is 10.5 Å². The average molecular weight is 434 g/mol. The lowest BCUT2D eigenvalue weighted by Gasteiger charge is -2.19. The van der Waals surface area contributed by atoms with Gasteiger partial charge in [-0.1, -0.05) is 30.3 Å². The van der Waals surface area contributed by atoms with Gasteiger partial charge in [0.15, 0.2) is 0 Å². The molecule has 0 radical (unpaired) electrons. The van der Waals surface area contributed by atoms with Gasteiger partial charge in [-0.05, 0) is 60.0 Å². The van der Waals surface area contributed by atoms with Crippen molar-refractivity contribution in [1.29, 1.82) is 0 Å². The third-order valence-corrected chi connectivity index (χ3v) is 5.12. The van der Waals surface area contributed by atoms with Crippen LogP contribution in [0.2, 0.25) is 0 Å². The molecule has 3 aromatic rings. The highest BCUT2D eigenvalue weighted by Crippen LogP contribution is 2.30. The van der Waals surface area contributed by atoms with E-state index in [1.54, 1.807) is 26.4 Å². The summed E-state index contributed by atoms with van der Waals surface area (Å²) in [6.07, 6.45) is 0.668. The summed E-state index contributed by atoms with van der Waals surface area (Å²) in [6, 6.07) is 21.5. The van der Waals surface area contributed by atoms with Crippen LogP contribution in [0.5, 0.6) is 11.5 Å². The van der Waals surface area contributed by atoms with Crippen molar-refractivity contribution in [3.8, 4) is 11.5 Å². The molecular weight excluding hydrogens is 408 g/mol. The molecule has 0 aliphatic heterocycles. The molecule has 3 N–H and O–H groups in total. The number of carboxylic acid groups (broad SMARTS) is 1. The Labute approximate surface area is 187 Å². The van der Waals surface area contributed by atoms with Gasteiger partial charge in [0.25, 0.3) is 0 Å². The summed E-state index contributed by atoms with van der Waals surface area (Å²) in [5.41, 5.74) is 2.74. The molecule has 0 aliphatic rings. The molecular formula is C25H26N2O5. The zero-order chi connectivity index (χ0) is 22.9. The van der Waals surface area contributed by atoms with Crippen LogP contribution in [-0.2, 0) is 0 Å². The molecule has 0 spiro atoms. The maximum Gasteiger partial charge on any atom is 0.335 e. The predicted octanol–water partition coefficient (Wildman–Crippen LogP) is 4.75. The van der Waals surface area contributed by atoms with Crippen LogP contribution >= 0.6 is 0 Å². The molecule has 2 amide bonds. The van der Waals surface area contributed by atoms with E-state index >= 15 is 0 Å². The van der Waals surface area contributed by atoms with Crippen LogP contribution < -0.4 is 20.1 Å². The lowest BCUT2D eigenvalue weighted by molar-refractivity contribution is 0.0697. The number of amides is 2. The number of carboxylic acids is 1. The van der Waals surface area contributed by atoms with Crippen LogP contribution in [0.15, 0.2) is 72.8 Å². The number of carbonyl (C=O) groups excluding carboxylic acids is 1. The summed E-state index contributed by atoms with van der Waals surface area (Å²) >= 11 is 0. The summed E-state index contributed by atoms with van der Waals surface area (Å²) in [5.74, 6) is 0.574. The fourth-order valence-electron chi connectivity index (χ4n) is 3.43. The number of carbonyl (C=O) groups is 2. The normalized spacial score (nSPS) is 10.5. The number of nitrogens with one attached hydrogen (secondary N) is 2. The van der Waals surface area contributed by atoms with Gasteiger partial charge in [0.2, 0.25) is 0 Å². The van der Waals surface area contributed by atoms with Crippen molar-refractivity contribution < 1.29 is 24.2 Å². The molecule has 0 saturated heterocycles. The van der Waals surface area contributed by atoms with Crippen molar-refractivity contribution in [3.05, 3.63) is 89.5 Å². The summed E-state index contributed by atoms with van der Waals surface area (Å²) in [5, 5.41) is 14.6. The van der Waals surface area contributed by atoms with Gasteiger partial charge >= 0.3 is 12.0 Å². The first-order valence-corrected chi connectivity index (χ1v) is 10.2. The van der Waals surface area contributed by atoms with Gasteiger partial charge in [-0.3, -0.25) is 0 Å². The van der Waals surface area contributed by atoms with Crippen molar-refractivity contribution >= 4 is 17.7 Å². The van der Waals surface area contributed by atoms with E-state index in [2.05, 4.69) is 10.6 Å². The fourth-order valence-corrected chi connectivity index (χ4v) is 3.43. The third kappa shape index (κ3) is 6.01. The van der Waals surface area contributed by atoms with Gasteiger partial charge in [0.05, 0.1) is 19.8 Å². The van der Waals surface area contributed by atoms with Gasteiger partial charge in [0, 0.05) is 18.2 Å². The maximum absolute atomic E-state index is 12.3. The smallest absolute Gasteiger partial charge is 0.335 e. The Bertz CT molecular complexity index is 1000. The Hall–Kier alpha value is -4.00. The van der Waals surface area contributed by atoms with Crippen LogP contribution in [0.25, 0.3) is 0 Å². The zero-order valence-electron chi connectivity index (χ0n) is 18.0. The molecule has 166 valence electrons. The molecule has 0 aromatic heterocycles. The number of methoxy groups -OCH3 is 2. The standard InChI is InChI=1S/C25H26N2O5/c1-31-21-10-6-17(7-11-21)23(18-8-12-22(32-2)13-9-18)14-15-26-25(30)27-20-5-3-4-19(16-20)24(28)29/h3-13,16,23H,14-15H2,1-2H3,(H,28,29)(H2,26,27,30). The minimum absolute atomic E-state index is 0.0578. The lowest BCUT2D eigenvalue weighted by Crippen LogP contribution is -2.30. The first-order chi connectivity index (χ1) is 15.5.